The summed E-state index contributed by atoms with van der Waals surface area (Å²) < 4.78 is 18.5. The first-order valence-corrected chi connectivity index (χ1v) is 6.79. The zero-order chi connectivity index (χ0) is 15.4. The van der Waals surface area contributed by atoms with Crippen molar-refractivity contribution in [2.75, 3.05) is 12.4 Å². The predicted octanol–water partition coefficient (Wildman–Crippen LogP) is 4.44. The molecule has 2 rings (SSSR count). The number of hydrogen-bond acceptors (Lipinski definition) is 3. The van der Waals surface area contributed by atoms with Gasteiger partial charge in [0.15, 0.2) is 0 Å². The van der Waals surface area contributed by atoms with Crippen LogP contribution in [0.1, 0.15) is 28.9 Å². The summed E-state index contributed by atoms with van der Waals surface area (Å²) in [7, 11) is 1.30. The molecule has 0 radical (unpaired) electrons. The molecule has 0 spiro atoms. The summed E-state index contributed by atoms with van der Waals surface area (Å²) in [5.74, 6) is -0.799. The first-order chi connectivity index (χ1) is 10.0. The lowest BCUT2D eigenvalue weighted by atomic mass is 10.1. The molecule has 0 aliphatic carbocycles. The third-order valence-electron chi connectivity index (χ3n) is 3.13. The van der Waals surface area contributed by atoms with Crippen molar-refractivity contribution in [3.63, 3.8) is 0 Å². The topological polar surface area (TPSA) is 38.3 Å². The van der Waals surface area contributed by atoms with Crippen molar-refractivity contribution in [1.29, 1.82) is 0 Å². The number of hydrogen-bond donors (Lipinski definition) is 1. The molecule has 0 fully saturated rings. The number of rotatable bonds is 4. The van der Waals surface area contributed by atoms with Gasteiger partial charge in [-0.25, -0.2) is 9.18 Å². The average Bonchev–Trinajstić information content (AvgIpc) is 2.48. The van der Waals surface area contributed by atoms with E-state index >= 15 is 0 Å². The largest absolute Gasteiger partial charge is 0.465 e. The van der Waals surface area contributed by atoms with Crippen molar-refractivity contribution >= 4 is 23.3 Å². The fourth-order valence-corrected chi connectivity index (χ4v) is 2.23. The van der Waals surface area contributed by atoms with Gasteiger partial charge in [0.1, 0.15) is 5.82 Å². The van der Waals surface area contributed by atoms with E-state index < -0.39 is 5.97 Å². The Bertz CT molecular complexity index is 660. The molecule has 0 saturated heterocycles. The lowest BCUT2D eigenvalue weighted by Gasteiger charge is -2.18. The molecule has 0 bridgehead atoms. The van der Waals surface area contributed by atoms with Crippen molar-refractivity contribution < 1.29 is 13.9 Å². The van der Waals surface area contributed by atoms with E-state index in [1.807, 2.05) is 6.92 Å². The van der Waals surface area contributed by atoms with Gasteiger partial charge in [0.2, 0.25) is 0 Å². The molecule has 110 valence electrons. The minimum Gasteiger partial charge on any atom is -0.465 e. The second-order valence-electron chi connectivity index (χ2n) is 4.57. The molecule has 0 heterocycles. The van der Waals surface area contributed by atoms with Gasteiger partial charge < -0.3 is 10.1 Å². The SMILES string of the molecule is COC(=O)c1cc(Cl)ccc1NC(C)c1ccccc1F. The Labute approximate surface area is 127 Å². The van der Waals surface area contributed by atoms with Gasteiger partial charge in [-0.05, 0) is 31.2 Å². The molecule has 2 aromatic carbocycles. The first-order valence-electron chi connectivity index (χ1n) is 6.41. The fraction of sp³-hybridized carbons (Fsp3) is 0.188. The van der Waals surface area contributed by atoms with E-state index in [1.54, 1.807) is 30.3 Å². The molecule has 2 aromatic rings. The van der Waals surface area contributed by atoms with Gasteiger partial charge in [-0.2, -0.15) is 0 Å². The highest BCUT2D eigenvalue weighted by Crippen LogP contribution is 2.26. The monoisotopic (exact) mass is 307 g/mol. The minimum absolute atomic E-state index is 0.300. The molecule has 1 N–H and O–H groups in total. The second-order valence-corrected chi connectivity index (χ2v) is 5.01. The normalized spacial score (nSPS) is 11.8. The quantitative estimate of drug-likeness (QED) is 0.849. The van der Waals surface area contributed by atoms with Crippen LogP contribution in [0.4, 0.5) is 10.1 Å². The van der Waals surface area contributed by atoms with E-state index in [9.17, 15) is 9.18 Å². The Balaban J connectivity index is 2.31. The zero-order valence-electron chi connectivity index (χ0n) is 11.7. The Morgan fingerprint density at radius 3 is 2.67 bits per heavy atom. The number of esters is 1. The molecule has 21 heavy (non-hydrogen) atoms. The van der Waals surface area contributed by atoms with E-state index in [1.165, 1.54) is 19.2 Å². The summed E-state index contributed by atoms with van der Waals surface area (Å²) in [6.45, 7) is 1.81. The van der Waals surface area contributed by atoms with Gasteiger partial charge in [0.25, 0.3) is 0 Å². The van der Waals surface area contributed by atoms with Gasteiger partial charge in [0.05, 0.1) is 18.7 Å². The average molecular weight is 308 g/mol. The number of carbonyl (C=O) groups is 1. The highest BCUT2D eigenvalue weighted by Gasteiger charge is 2.16. The van der Waals surface area contributed by atoms with Crippen LogP contribution in [0.25, 0.3) is 0 Å². The summed E-state index contributed by atoms with van der Waals surface area (Å²) in [6.07, 6.45) is 0. The highest BCUT2D eigenvalue weighted by atomic mass is 35.5. The molecular weight excluding hydrogens is 293 g/mol. The molecule has 0 amide bonds. The molecule has 3 nitrogen and oxygen atoms in total. The standard InChI is InChI=1S/C16H15ClFNO2/c1-10(12-5-3-4-6-14(12)18)19-15-8-7-11(17)9-13(15)16(20)21-2/h3-10,19H,1-2H3. The zero-order valence-corrected chi connectivity index (χ0v) is 12.4. The molecule has 0 aliphatic rings. The molecule has 0 aromatic heterocycles. The third-order valence-corrected chi connectivity index (χ3v) is 3.37. The van der Waals surface area contributed by atoms with Crippen LogP contribution in [0.2, 0.25) is 5.02 Å². The molecule has 0 aliphatic heterocycles. The van der Waals surface area contributed by atoms with Crippen LogP contribution in [0.15, 0.2) is 42.5 Å². The van der Waals surface area contributed by atoms with Crippen LogP contribution < -0.4 is 5.32 Å². The van der Waals surface area contributed by atoms with Crippen LogP contribution in [-0.2, 0) is 4.74 Å². The van der Waals surface area contributed by atoms with Crippen LogP contribution >= 0.6 is 11.6 Å². The number of nitrogens with one attached hydrogen (secondary N) is 1. The maximum Gasteiger partial charge on any atom is 0.340 e. The minimum atomic E-state index is -0.499. The first kappa shape index (κ1) is 15.3. The lowest BCUT2D eigenvalue weighted by molar-refractivity contribution is 0.0602. The van der Waals surface area contributed by atoms with Gasteiger partial charge in [-0.3, -0.25) is 0 Å². The lowest BCUT2D eigenvalue weighted by Crippen LogP contribution is -2.12. The number of halogens is 2. The Hall–Kier alpha value is -2.07. The Kier molecular flexibility index (Phi) is 4.81. The molecule has 0 saturated carbocycles. The second kappa shape index (κ2) is 6.59. The van der Waals surface area contributed by atoms with Crippen molar-refractivity contribution in [2.45, 2.75) is 13.0 Å². The molecular formula is C16H15ClFNO2. The summed E-state index contributed by atoms with van der Waals surface area (Å²) in [6, 6.07) is 11.0. The number of carbonyl (C=O) groups excluding carboxylic acids is 1. The van der Waals surface area contributed by atoms with E-state index in [0.717, 1.165) is 0 Å². The number of methoxy groups -OCH3 is 1. The summed E-state index contributed by atoms with van der Waals surface area (Å²) >= 11 is 5.90. The van der Waals surface area contributed by atoms with Crippen molar-refractivity contribution in [1.82, 2.24) is 0 Å². The number of benzene rings is 2. The summed E-state index contributed by atoms with van der Waals surface area (Å²) in [4.78, 5) is 11.8. The molecule has 1 unspecified atom stereocenters. The van der Waals surface area contributed by atoms with Crippen molar-refractivity contribution in [3.8, 4) is 0 Å². The molecule has 1 atom stereocenters. The van der Waals surface area contributed by atoms with Crippen LogP contribution in [0.3, 0.4) is 0 Å². The van der Waals surface area contributed by atoms with Gasteiger partial charge >= 0.3 is 5.97 Å². The van der Waals surface area contributed by atoms with Crippen LogP contribution in [-0.4, -0.2) is 13.1 Å². The fourth-order valence-electron chi connectivity index (χ4n) is 2.06. The van der Waals surface area contributed by atoms with Crippen molar-refractivity contribution in [2.24, 2.45) is 0 Å². The maximum atomic E-state index is 13.8. The summed E-state index contributed by atoms with van der Waals surface area (Å²) in [5, 5.41) is 3.54. The van der Waals surface area contributed by atoms with Crippen LogP contribution in [0.5, 0.6) is 0 Å². The van der Waals surface area contributed by atoms with E-state index in [-0.39, 0.29) is 11.9 Å². The van der Waals surface area contributed by atoms with E-state index in [0.29, 0.717) is 21.8 Å². The van der Waals surface area contributed by atoms with E-state index in [2.05, 4.69) is 5.32 Å². The summed E-state index contributed by atoms with van der Waals surface area (Å²) in [5.41, 5.74) is 1.37. The Morgan fingerprint density at radius 2 is 2.00 bits per heavy atom. The number of ether oxygens (including phenoxy) is 1. The highest BCUT2D eigenvalue weighted by molar-refractivity contribution is 6.31. The maximum absolute atomic E-state index is 13.8. The number of anilines is 1. The van der Waals surface area contributed by atoms with Crippen molar-refractivity contribution in [3.05, 3.63) is 64.4 Å². The van der Waals surface area contributed by atoms with Gasteiger partial charge in [-0.1, -0.05) is 29.8 Å². The predicted molar refractivity (Wildman–Crippen MR) is 81.2 cm³/mol. The smallest absolute Gasteiger partial charge is 0.340 e. The Morgan fingerprint density at radius 1 is 1.29 bits per heavy atom. The van der Waals surface area contributed by atoms with Gasteiger partial charge in [-0.15, -0.1) is 0 Å². The van der Waals surface area contributed by atoms with E-state index in [4.69, 9.17) is 16.3 Å². The van der Waals surface area contributed by atoms with Gasteiger partial charge in [0, 0.05) is 16.3 Å². The van der Waals surface area contributed by atoms with Crippen LogP contribution in [0, 0.1) is 5.82 Å². The third kappa shape index (κ3) is 3.52. The molecule has 5 heteroatoms.